The zero-order valence-electron chi connectivity index (χ0n) is 11.8. The molecule has 0 unspecified atom stereocenters. The van der Waals surface area contributed by atoms with Gasteiger partial charge in [-0.05, 0) is 27.2 Å². The maximum atomic E-state index is 12.5. The summed E-state index contributed by atoms with van der Waals surface area (Å²) in [6.45, 7) is 5.78. The van der Waals surface area contributed by atoms with Crippen LogP contribution in [-0.2, 0) is 4.79 Å². The molecule has 0 spiro atoms. The second-order valence-electron chi connectivity index (χ2n) is 5.68. The van der Waals surface area contributed by atoms with Gasteiger partial charge in [-0.25, -0.2) is 9.78 Å². The summed E-state index contributed by atoms with van der Waals surface area (Å²) in [5.41, 5.74) is -0.634. The van der Waals surface area contributed by atoms with Crippen LogP contribution in [0.15, 0.2) is 18.6 Å². The second kappa shape index (κ2) is 5.07. The zero-order chi connectivity index (χ0) is 14.9. The third-order valence-corrected chi connectivity index (χ3v) is 3.24. The predicted molar refractivity (Wildman–Crippen MR) is 72.4 cm³/mol. The lowest BCUT2D eigenvalue weighted by atomic mass is 10.0. The number of aromatic nitrogens is 2. The smallest absolute Gasteiger partial charge is 0.408 e. The number of rotatable bonds is 2. The quantitative estimate of drug-likeness (QED) is 0.882. The summed E-state index contributed by atoms with van der Waals surface area (Å²) in [4.78, 5) is 34.6. The minimum Gasteiger partial charge on any atom is -0.465 e. The Morgan fingerprint density at radius 3 is 2.65 bits per heavy atom. The molecule has 108 valence electrons. The maximum absolute atomic E-state index is 12.5. The van der Waals surface area contributed by atoms with Crippen molar-refractivity contribution in [1.82, 2.24) is 14.9 Å². The van der Waals surface area contributed by atoms with E-state index in [1.165, 1.54) is 28.4 Å². The first-order chi connectivity index (χ1) is 9.32. The molecule has 0 radical (unpaired) electrons. The summed E-state index contributed by atoms with van der Waals surface area (Å²) < 4.78 is 0. The van der Waals surface area contributed by atoms with E-state index in [0.717, 1.165) is 0 Å². The summed E-state index contributed by atoms with van der Waals surface area (Å²) in [5, 5.41) is 9.37. The van der Waals surface area contributed by atoms with E-state index in [1.807, 2.05) is 0 Å². The van der Waals surface area contributed by atoms with Crippen molar-refractivity contribution in [2.24, 2.45) is 0 Å². The largest absolute Gasteiger partial charge is 0.465 e. The number of nitrogens with zero attached hydrogens (tertiary/aromatic N) is 4. The van der Waals surface area contributed by atoms with Crippen LogP contribution in [0.5, 0.6) is 0 Å². The maximum Gasteiger partial charge on any atom is 0.408 e. The van der Waals surface area contributed by atoms with Gasteiger partial charge in [-0.3, -0.25) is 19.6 Å². The number of hydrogen-bond acceptors (Lipinski definition) is 4. The lowest BCUT2D eigenvalue weighted by Gasteiger charge is -2.36. The molecule has 1 fully saturated rings. The molecule has 0 bridgehead atoms. The standard InChI is InChI=1S/C13H18N4O3/c1-13(2,3)17(12(19)20)9-4-7-16(11(9)18)10-8-14-5-6-15-10/h5-6,8-9H,4,7H2,1-3H3,(H,19,20)/t9-/m0/s1. The van der Waals surface area contributed by atoms with E-state index >= 15 is 0 Å². The Bertz CT molecular complexity index is 512. The van der Waals surface area contributed by atoms with Crippen molar-refractivity contribution in [2.75, 3.05) is 11.4 Å². The lowest BCUT2D eigenvalue weighted by Crippen LogP contribution is -2.54. The molecule has 7 heteroatoms. The van der Waals surface area contributed by atoms with Crippen molar-refractivity contribution < 1.29 is 14.7 Å². The Balaban J connectivity index is 2.25. The van der Waals surface area contributed by atoms with Crippen LogP contribution in [0.3, 0.4) is 0 Å². The monoisotopic (exact) mass is 278 g/mol. The number of carboxylic acid groups (broad SMARTS) is 1. The minimum absolute atomic E-state index is 0.247. The summed E-state index contributed by atoms with van der Waals surface area (Å²) in [6.07, 6.45) is 3.91. The lowest BCUT2D eigenvalue weighted by molar-refractivity contribution is -0.122. The van der Waals surface area contributed by atoms with Gasteiger partial charge in [0.25, 0.3) is 5.91 Å². The summed E-state index contributed by atoms with van der Waals surface area (Å²) >= 11 is 0. The van der Waals surface area contributed by atoms with Crippen molar-refractivity contribution in [3.8, 4) is 0 Å². The van der Waals surface area contributed by atoms with Crippen LogP contribution in [0.2, 0.25) is 0 Å². The van der Waals surface area contributed by atoms with Crippen LogP contribution in [0.1, 0.15) is 27.2 Å². The first-order valence-corrected chi connectivity index (χ1v) is 6.42. The van der Waals surface area contributed by atoms with Gasteiger partial charge in [0.05, 0.1) is 6.20 Å². The molecule has 0 aromatic carbocycles. The van der Waals surface area contributed by atoms with Gasteiger partial charge in [-0.1, -0.05) is 0 Å². The van der Waals surface area contributed by atoms with Crippen molar-refractivity contribution in [2.45, 2.75) is 38.8 Å². The fourth-order valence-electron chi connectivity index (χ4n) is 2.45. The molecule has 0 saturated carbocycles. The van der Waals surface area contributed by atoms with E-state index in [0.29, 0.717) is 18.8 Å². The van der Waals surface area contributed by atoms with Crippen molar-refractivity contribution in [1.29, 1.82) is 0 Å². The van der Waals surface area contributed by atoms with Gasteiger partial charge < -0.3 is 5.11 Å². The fourth-order valence-corrected chi connectivity index (χ4v) is 2.45. The highest BCUT2D eigenvalue weighted by Crippen LogP contribution is 2.27. The van der Waals surface area contributed by atoms with E-state index < -0.39 is 17.7 Å². The molecule has 2 rings (SSSR count). The molecule has 1 aliphatic rings. The number of amides is 2. The molecule has 20 heavy (non-hydrogen) atoms. The van der Waals surface area contributed by atoms with Crippen molar-refractivity contribution >= 4 is 17.8 Å². The average Bonchev–Trinajstić information content (AvgIpc) is 2.70. The summed E-state index contributed by atoms with van der Waals surface area (Å²) in [7, 11) is 0. The van der Waals surface area contributed by atoms with Gasteiger partial charge >= 0.3 is 6.09 Å². The van der Waals surface area contributed by atoms with E-state index in [1.54, 1.807) is 20.8 Å². The predicted octanol–water partition coefficient (Wildman–Crippen LogP) is 1.36. The minimum atomic E-state index is -1.09. The third-order valence-electron chi connectivity index (χ3n) is 3.24. The number of anilines is 1. The zero-order valence-corrected chi connectivity index (χ0v) is 11.8. The van der Waals surface area contributed by atoms with Crippen molar-refractivity contribution in [3.05, 3.63) is 18.6 Å². The molecule has 1 atom stereocenters. The van der Waals surface area contributed by atoms with Crippen molar-refractivity contribution in [3.63, 3.8) is 0 Å². The van der Waals surface area contributed by atoms with E-state index in [2.05, 4.69) is 9.97 Å². The summed E-state index contributed by atoms with van der Waals surface area (Å²) in [5.74, 6) is 0.210. The first kappa shape index (κ1) is 14.2. The second-order valence-corrected chi connectivity index (χ2v) is 5.68. The van der Waals surface area contributed by atoms with Crippen LogP contribution in [0, 0.1) is 0 Å². The third kappa shape index (κ3) is 2.56. The van der Waals surface area contributed by atoms with E-state index in [4.69, 9.17) is 0 Å². The molecular formula is C13H18N4O3. The Morgan fingerprint density at radius 2 is 2.15 bits per heavy atom. The van der Waals surface area contributed by atoms with Gasteiger partial charge in [-0.2, -0.15) is 0 Å². The van der Waals surface area contributed by atoms with Gasteiger partial charge in [0.2, 0.25) is 0 Å². The van der Waals surface area contributed by atoms with Crippen LogP contribution >= 0.6 is 0 Å². The molecule has 1 N–H and O–H groups in total. The molecule has 1 aromatic heterocycles. The normalized spacial score (nSPS) is 19.2. The Morgan fingerprint density at radius 1 is 1.45 bits per heavy atom. The number of hydrogen-bond donors (Lipinski definition) is 1. The highest BCUT2D eigenvalue weighted by molar-refractivity contribution is 6.00. The van der Waals surface area contributed by atoms with Crippen LogP contribution in [0.4, 0.5) is 10.6 Å². The average molecular weight is 278 g/mol. The molecule has 7 nitrogen and oxygen atoms in total. The van der Waals surface area contributed by atoms with E-state index in [9.17, 15) is 14.7 Å². The molecule has 2 amide bonds. The molecule has 1 aliphatic heterocycles. The molecular weight excluding hydrogens is 260 g/mol. The molecule has 1 aromatic rings. The first-order valence-electron chi connectivity index (χ1n) is 6.42. The Kier molecular flexibility index (Phi) is 3.61. The van der Waals surface area contributed by atoms with Crippen LogP contribution in [0.25, 0.3) is 0 Å². The highest BCUT2D eigenvalue weighted by Gasteiger charge is 2.43. The molecule has 1 saturated heterocycles. The summed E-state index contributed by atoms with van der Waals surface area (Å²) in [6, 6.07) is -0.672. The Labute approximate surface area is 117 Å². The van der Waals surface area contributed by atoms with Gasteiger partial charge in [0, 0.05) is 24.5 Å². The molecule has 0 aliphatic carbocycles. The van der Waals surface area contributed by atoms with E-state index in [-0.39, 0.29) is 5.91 Å². The molecule has 2 heterocycles. The topological polar surface area (TPSA) is 86.6 Å². The van der Waals surface area contributed by atoms with Crippen LogP contribution in [-0.4, -0.2) is 50.1 Å². The number of carbonyl (C=O) groups excluding carboxylic acids is 1. The van der Waals surface area contributed by atoms with Gasteiger partial charge in [0.15, 0.2) is 5.82 Å². The SMILES string of the molecule is CC(C)(C)N(C(=O)O)[C@H]1CCN(c2cnccn2)C1=O. The number of carbonyl (C=O) groups is 2. The van der Waals surface area contributed by atoms with Crippen LogP contribution < -0.4 is 4.90 Å². The Hall–Kier alpha value is -2.18. The fraction of sp³-hybridized carbons (Fsp3) is 0.538. The van der Waals surface area contributed by atoms with Gasteiger partial charge in [0.1, 0.15) is 6.04 Å². The highest BCUT2D eigenvalue weighted by atomic mass is 16.4. The van der Waals surface area contributed by atoms with Gasteiger partial charge in [-0.15, -0.1) is 0 Å².